The molecule has 1 atom stereocenters. The number of hydrogen-bond donors (Lipinski definition) is 0. The second-order valence-corrected chi connectivity index (χ2v) is 2.51. The van der Waals surface area contributed by atoms with Crippen molar-refractivity contribution in [2.24, 2.45) is 0 Å². The van der Waals surface area contributed by atoms with Crippen LogP contribution in [0.5, 0.6) is 0 Å². The molecule has 0 N–H and O–H groups in total. The van der Waals surface area contributed by atoms with Crippen molar-refractivity contribution in [2.75, 3.05) is 6.61 Å². The van der Waals surface area contributed by atoms with Gasteiger partial charge in [-0.2, -0.15) is 0 Å². The lowest BCUT2D eigenvalue weighted by atomic mass is 10.4. The largest absolute Gasteiger partial charge is 0.465 e. The molecule has 0 amide bonds. The maximum atomic E-state index is 10.8. The van der Waals surface area contributed by atoms with E-state index in [-0.39, 0.29) is 5.97 Å². The molecule has 10 heavy (non-hydrogen) atoms. The SMILES string of the molecule is C=C=CC(Br)C(=O)OCC. The van der Waals surface area contributed by atoms with Gasteiger partial charge < -0.3 is 4.74 Å². The zero-order chi connectivity index (χ0) is 7.98. The van der Waals surface area contributed by atoms with Crippen LogP contribution in [0.3, 0.4) is 0 Å². The average Bonchev–Trinajstić information content (AvgIpc) is 1.89. The van der Waals surface area contributed by atoms with E-state index in [2.05, 4.69) is 33.0 Å². The smallest absolute Gasteiger partial charge is 0.324 e. The zero-order valence-corrected chi connectivity index (χ0v) is 7.35. The Labute approximate surface area is 68.7 Å². The summed E-state index contributed by atoms with van der Waals surface area (Å²) >= 11 is 3.07. The number of rotatable bonds is 3. The molecule has 0 fully saturated rings. The van der Waals surface area contributed by atoms with Crippen molar-refractivity contribution in [1.29, 1.82) is 0 Å². The molecule has 3 heteroatoms. The fourth-order valence-corrected chi connectivity index (χ4v) is 0.712. The van der Waals surface area contributed by atoms with Gasteiger partial charge in [-0.3, -0.25) is 4.79 Å². The molecule has 0 aliphatic carbocycles. The number of esters is 1. The number of ether oxygens (including phenoxy) is 1. The first kappa shape index (κ1) is 9.47. The Hall–Kier alpha value is -0.530. The van der Waals surface area contributed by atoms with Crippen LogP contribution in [0.25, 0.3) is 0 Å². The van der Waals surface area contributed by atoms with Crippen molar-refractivity contribution in [3.8, 4) is 0 Å². The van der Waals surface area contributed by atoms with Crippen molar-refractivity contribution in [3.05, 3.63) is 18.4 Å². The standard InChI is InChI=1S/C7H9BrO2/c1-3-5-6(8)7(9)10-4-2/h5-6H,1,4H2,2H3. The molecule has 0 aromatic carbocycles. The van der Waals surface area contributed by atoms with Gasteiger partial charge in [0.05, 0.1) is 6.61 Å². The predicted octanol–water partition coefficient (Wildman–Crippen LogP) is 1.65. The molecule has 0 rings (SSSR count). The van der Waals surface area contributed by atoms with Gasteiger partial charge in [-0.25, -0.2) is 0 Å². The summed E-state index contributed by atoms with van der Waals surface area (Å²) in [4.78, 5) is 10.4. The molecule has 0 aromatic heterocycles. The van der Waals surface area contributed by atoms with Crippen LogP contribution in [0.15, 0.2) is 18.4 Å². The molecule has 0 aliphatic heterocycles. The molecule has 0 saturated heterocycles. The molecule has 0 radical (unpaired) electrons. The summed E-state index contributed by atoms with van der Waals surface area (Å²) in [6, 6.07) is 0. The van der Waals surface area contributed by atoms with Crippen LogP contribution in [-0.2, 0) is 9.53 Å². The maximum Gasteiger partial charge on any atom is 0.324 e. The topological polar surface area (TPSA) is 26.3 Å². The van der Waals surface area contributed by atoms with Crippen LogP contribution in [0.4, 0.5) is 0 Å². The lowest BCUT2D eigenvalue weighted by Gasteiger charge is -2.01. The number of carbonyl (C=O) groups is 1. The highest BCUT2D eigenvalue weighted by atomic mass is 79.9. The van der Waals surface area contributed by atoms with E-state index in [9.17, 15) is 4.79 Å². The molecule has 0 heterocycles. The number of carbonyl (C=O) groups excluding carboxylic acids is 1. The van der Waals surface area contributed by atoms with E-state index >= 15 is 0 Å². The van der Waals surface area contributed by atoms with E-state index < -0.39 is 4.83 Å². The van der Waals surface area contributed by atoms with E-state index in [0.717, 1.165) is 0 Å². The molecule has 0 bridgehead atoms. The van der Waals surface area contributed by atoms with Gasteiger partial charge in [-0.05, 0) is 13.0 Å². The van der Waals surface area contributed by atoms with Crippen molar-refractivity contribution < 1.29 is 9.53 Å². The molecular weight excluding hydrogens is 196 g/mol. The summed E-state index contributed by atoms with van der Waals surface area (Å²) in [6.07, 6.45) is 1.50. The summed E-state index contributed by atoms with van der Waals surface area (Å²) in [5.41, 5.74) is 2.48. The van der Waals surface area contributed by atoms with Gasteiger partial charge in [0, 0.05) is 0 Å². The number of alkyl halides is 1. The molecule has 0 aromatic rings. The van der Waals surface area contributed by atoms with Crippen LogP contribution < -0.4 is 0 Å². The second kappa shape index (κ2) is 5.27. The van der Waals surface area contributed by atoms with E-state index in [1.54, 1.807) is 6.92 Å². The first-order chi connectivity index (χ1) is 4.72. The molecule has 56 valence electrons. The van der Waals surface area contributed by atoms with Crippen LogP contribution in [0, 0.1) is 0 Å². The third-order valence-electron chi connectivity index (χ3n) is 0.776. The average molecular weight is 205 g/mol. The Morgan fingerprint density at radius 1 is 2.00 bits per heavy atom. The maximum absolute atomic E-state index is 10.8. The third-order valence-corrected chi connectivity index (χ3v) is 1.41. The van der Waals surface area contributed by atoms with Crippen molar-refractivity contribution in [2.45, 2.75) is 11.8 Å². The second-order valence-electron chi connectivity index (χ2n) is 1.52. The van der Waals surface area contributed by atoms with Crippen molar-refractivity contribution in [1.82, 2.24) is 0 Å². The summed E-state index contributed by atoms with van der Waals surface area (Å²) in [5, 5.41) is 0. The number of hydrogen-bond acceptors (Lipinski definition) is 2. The van der Waals surface area contributed by atoms with Gasteiger partial charge >= 0.3 is 5.97 Å². The quantitative estimate of drug-likeness (QED) is 0.397. The zero-order valence-electron chi connectivity index (χ0n) is 5.76. The monoisotopic (exact) mass is 204 g/mol. The fraction of sp³-hybridized carbons (Fsp3) is 0.429. The third kappa shape index (κ3) is 3.49. The molecule has 0 saturated carbocycles. The highest BCUT2D eigenvalue weighted by molar-refractivity contribution is 9.10. The lowest BCUT2D eigenvalue weighted by molar-refractivity contribution is -0.141. The van der Waals surface area contributed by atoms with Crippen LogP contribution >= 0.6 is 15.9 Å². The minimum absolute atomic E-state index is 0.307. The Morgan fingerprint density at radius 3 is 3.00 bits per heavy atom. The molecule has 0 spiro atoms. The Morgan fingerprint density at radius 2 is 2.60 bits per heavy atom. The Balaban J connectivity index is 3.81. The first-order valence-corrected chi connectivity index (χ1v) is 3.80. The van der Waals surface area contributed by atoms with Crippen molar-refractivity contribution in [3.63, 3.8) is 0 Å². The highest BCUT2D eigenvalue weighted by Crippen LogP contribution is 2.02. The van der Waals surface area contributed by atoms with Gasteiger partial charge in [-0.1, -0.05) is 22.5 Å². The van der Waals surface area contributed by atoms with Gasteiger partial charge in [0.2, 0.25) is 0 Å². The normalized spacial score (nSPS) is 11.4. The van der Waals surface area contributed by atoms with Crippen molar-refractivity contribution >= 4 is 21.9 Å². The summed E-state index contributed by atoms with van der Waals surface area (Å²) < 4.78 is 4.67. The van der Waals surface area contributed by atoms with E-state index in [1.165, 1.54) is 6.08 Å². The first-order valence-electron chi connectivity index (χ1n) is 2.89. The lowest BCUT2D eigenvalue weighted by Crippen LogP contribution is -2.14. The van der Waals surface area contributed by atoms with Crippen LogP contribution in [0.2, 0.25) is 0 Å². The Bertz CT molecular complexity index is 159. The predicted molar refractivity (Wildman–Crippen MR) is 43.1 cm³/mol. The van der Waals surface area contributed by atoms with E-state index in [4.69, 9.17) is 0 Å². The molecule has 2 nitrogen and oxygen atoms in total. The summed E-state index contributed by atoms with van der Waals surface area (Å²) in [6.45, 7) is 5.48. The highest BCUT2D eigenvalue weighted by Gasteiger charge is 2.10. The van der Waals surface area contributed by atoms with Crippen LogP contribution in [-0.4, -0.2) is 17.4 Å². The van der Waals surface area contributed by atoms with Gasteiger partial charge in [0.25, 0.3) is 0 Å². The van der Waals surface area contributed by atoms with E-state index in [0.29, 0.717) is 6.61 Å². The molecule has 1 unspecified atom stereocenters. The fourth-order valence-electron chi connectivity index (χ4n) is 0.393. The van der Waals surface area contributed by atoms with Gasteiger partial charge in [0.1, 0.15) is 4.83 Å². The number of halogens is 1. The minimum atomic E-state index is -0.412. The van der Waals surface area contributed by atoms with E-state index in [1.807, 2.05) is 0 Å². The summed E-state index contributed by atoms with van der Waals surface area (Å²) in [7, 11) is 0. The van der Waals surface area contributed by atoms with Crippen LogP contribution in [0.1, 0.15) is 6.92 Å². The summed E-state index contributed by atoms with van der Waals surface area (Å²) in [5.74, 6) is -0.307. The molecule has 0 aliphatic rings. The van der Waals surface area contributed by atoms with Gasteiger partial charge in [-0.15, -0.1) is 5.73 Å². The molecular formula is C7H9BrO2. The van der Waals surface area contributed by atoms with Gasteiger partial charge in [0.15, 0.2) is 0 Å². The Kier molecular flexibility index (Phi) is 4.99. The minimum Gasteiger partial charge on any atom is -0.465 e.